The highest BCUT2D eigenvalue weighted by Gasteiger charge is 2.12. The number of nitrogens with zero attached hydrogens (tertiary/aromatic N) is 2. The number of aryl methyl sites for hydroxylation is 2. The van der Waals surface area contributed by atoms with E-state index in [4.69, 9.17) is 16.3 Å². The van der Waals surface area contributed by atoms with E-state index in [-0.39, 0.29) is 11.6 Å². The Kier molecular flexibility index (Phi) is 5.57. The third kappa shape index (κ3) is 4.74. The summed E-state index contributed by atoms with van der Waals surface area (Å²) < 4.78 is 5.33. The average molecular weight is 383 g/mol. The molecule has 2 N–H and O–H groups in total. The summed E-state index contributed by atoms with van der Waals surface area (Å²) in [6.45, 7) is 3.71. The van der Waals surface area contributed by atoms with Crippen molar-refractivity contribution in [2.75, 3.05) is 17.7 Å². The molecule has 0 saturated carbocycles. The zero-order valence-corrected chi connectivity index (χ0v) is 16.0. The summed E-state index contributed by atoms with van der Waals surface area (Å²) in [7, 11) is 1.57. The zero-order chi connectivity index (χ0) is 19.4. The van der Waals surface area contributed by atoms with Crippen LogP contribution in [0.4, 0.5) is 17.2 Å². The molecule has 7 heteroatoms. The standard InChI is InChI=1S/C20H19ClN4O2/c1-12-4-7-15(8-5-12)24-20(26)17-11-19(23-13(2)22-17)25-16-10-14(21)6-9-18(16)27-3/h4-11H,1-3H3,(H,24,26)(H,22,23,25). The lowest BCUT2D eigenvalue weighted by molar-refractivity contribution is 0.102. The van der Waals surface area contributed by atoms with Gasteiger partial charge in [-0.05, 0) is 44.2 Å². The summed E-state index contributed by atoms with van der Waals surface area (Å²) in [6.07, 6.45) is 0. The van der Waals surface area contributed by atoms with Gasteiger partial charge in [-0.3, -0.25) is 4.79 Å². The number of hydrogen-bond acceptors (Lipinski definition) is 5. The molecule has 0 aliphatic heterocycles. The van der Waals surface area contributed by atoms with E-state index in [1.54, 1.807) is 38.3 Å². The highest BCUT2D eigenvalue weighted by Crippen LogP contribution is 2.30. The number of hydrogen-bond donors (Lipinski definition) is 2. The maximum Gasteiger partial charge on any atom is 0.274 e. The number of anilines is 3. The summed E-state index contributed by atoms with van der Waals surface area (Å²) in [4.78, 5) is 21.1. The molecular formula is C20H19ClN4O2. The molecule has 6 nitrogen and oxygen atoms in total. The van der Waals surface area contributed by atoms with Crippen molar-refractivity contribution in [2.45, 2.75) is 13.8 Å². The Hall–Kier alpha value is -3.12. The van der Waals surface area contributed by atoms with Crippen LogP contribution in [0.15, 0.2) is 48.5 Å². The fourth-order valence-corrected chi connectivity index (χ4v) is 2.67. The predicted molar refractivity (Wildman–Crippen MR) is 107 cm³/mol. The fraction of sp³-hybridized carbons (Fsp3) is 0.150. The van der Waals surface area contributed by atoms with Crippen molar-refractivity contribution in [3.05, 3.63) is 70.6 Å². The molecule has 0 fully saturated rings. The first-order chi connectivity index (χ1) is 12.9. The molecule has 2 aromatic carbocycles. The number of carbonyl (C=O) groups is 1. The molecule has 0 aliphatic carbocycles. The molecule has 0 saturated heterocycles. The van der Waals surface area contributed by atoms with Gasteiger partial charge in [-0.15, -0.1) is 0 Å². The smallest absolute Gasteiger partial charge is 0.274 e. The van der Waals surface area contributed by atoms with Gasteiger partial charge >= 0.3 is 0 Å². The van der Waals surface area contributed by atoms with Crippen LogP contribution in [-0.2, 0) is 0 Å². The Balaban J connectivity index is 1.85. The van der Waals surface area contributed by atoms with Crippen molar-refractivity contribution < 1.29 is 9.53 Å². The Morgan fingerprint density at radius 1 is 1.04 bits per heavy atom. The first-order valence-corrected chi connectivity index (χ1v) is 8.66. The second kappa shape index (κ2) is 8.05. The van der Waals surface area contributed by atoms with Gasteiger partial charge in [-0.1, -0.05) is 29.3 Å². The molecule has 0 atom stereocenters. The van der Waals surface area contributed by atoms with Gasteiger partial charge in [0, 0.05) is 16.8 Å². The Morgan fingerprint density at radius 2 is 1.78 bits per heavy atom. The van der Waals surface area contributed by atoms with Crippen molar-refractivity contribution in [1.82, 2.24) is 9.97 Å². The number of amides is 1. The minimum absolute atomic E-state index is 0.256. The van der Waals surface area contributed by atoms with E-state index in [1.165, 1.54) is 0 Å². The molecule has 3 rings (SSSR count). The van der Waals surface area contributed by atoms with Crippen molar-refractivity contribution >= 4 is 34.7 Å². The highest BCUT2D eigenvalue weighted by atomic mass is 35.5. The normalized spacial score (nSPS) is 10.4. The molecule has 0 bridgehead atoms. The summed E-state index contributed by atoms with van der Waals surface area (Å²) in [6, 6.07) is 14.3. The second-order valence-electron chi connectivity index (χ2n) is 5.98. The van der Waals surface area contributed by atoms with Crippen molar-refractivity contribution in [1.29, 1.82) is 0 Å². The fourth-order valence-electron chi connectivity index (χ4n) is 2.50. The monoisotopic (exact) mass is 382 g/mol. The largest absolute Gasteiger partial charge is 0.495 e. The number of nitrogens with one attached hydrogen (secondary N) is 2. The SMILES string of the molecule is COc1ccc(Cl)cc1Nc1cc(C(=O)Nc2ccc(C)cc2)nc(C)n1. The second-order valence-corrected chi connectivity index (χ2v) is 6.41. The molecule has 1 heterocycles. The van der Waals surface area contributed by atoms with Crippen molar-refractivity contribution in [2.24, 2.45) is 0 Å². The van der Waals surface area contributed by atoms with E-state index in [0.29, 0.717) is 33.8 Å². The Labute approximate surface area is 162 Å². The number of halogens is 1. The average Bonchev–Trinajstić information content (AvgIpc) is 2.63. The van der Waals surface area contributed by atoms with Gasteiger partial charge in [0.1, 0.15) is 23.1 Å². The first-order valence-electron chi connectivity index (χ1n) is 8.29. The van der Waals surface area contributed by atoms with Gasteiger partial charge < -0.3 is 15.4 Å². The molecular weight excluding hydrogens is 364 g/mol. The van der Waals surface area contributed by atoms with E-state index >= 15 is 0 Å². The van der Waals surface area contributed by atoms with Crippen LogP contribution < -0.4 is 15.4 Å². The lowest BCUT2D eigenvalue weighted by Crippen LogP contribution is -2.15. The summed E-state index contributed by atoms with van der Waals surface area (Å²) in [5.41, 5.74) is 2.72. The van der Waals surface area contributed by atoms with Crippen LogP contribution in [0.5, 0.6) is 5.75 Å². The number of rotatable bonds is 5. The third-order valence-corrected chi connectivity index (χ3v) is 4.04. The lowest BCUT2D eigenvalue weighted by atomic mass is 10.2. The third-order valence-electron chi connectivity index (χ3n) is 3.80. The van der Waals surface area contributed by atoms with Gasteiger partial charge in [0.25, 0.3) is 5.91 Å². The molecule has 0 radical (unpaired) electrons. The maximum atomic E-state index is 12.6. The van der Waals surface area contributed by atoms with Crippen LogP contribution in [0.25, 0.3) is 0 Å². The van der Waals surface area contributed by atoms with Gasteiger partial charge in [-0.25, -0.2) is 9.97 Å². The number of aromatic nitrogens is 2. The van der Waals surface area contributed by atoms with Gasteiger partial charge in [0.05, 0.1) is 12.8 Å². The number of ether oxygens (including phenoxy) is 1. The van der Waals surface area contributed by atoms with Gasteiger partial charge in [0.2, 0.25) is 0 Å². The van der Waals surface area contributed by atoms with Crippen molar-refractivity contribution in [3.63, 3.8) is 0 Å². The summed E-state index contributed by atoms with van der Waals surface area (Å²) in [5, 5.41) is 6.52. The number of benzene rings is 2. The molecule has 138 valence electrons. The van der Waals surface area contributed by atoms with Gasteiger partial charge in [-0.2, -0.15) is 0 Å². The van der Waals surface area contributed by atoms with E-state index in [1.807, 2.05) is 31.2 Å². The van der Waals surface area contributed by atoms with E-state index in [2.05, 4.69) is 20.6 Å². The van der Waals surface area contributed by atoms with E-state index < -0.39 is 0 Å². The maximum absolute atomic E-state index is 12.6. The lowest BCUT2D eigenvalue weighted by Gasteiger charge is -2.12. The Bertz CT molecular complexity index is 974. The van der Waals surface area contributed by atoms with Crippen LogP contribution in [0, 0.1) is 13.8 Å². The number of carbonyl (C=O) groups excluding carboxylic acids is 1. The van der Waals surface area contributed by atoms with Crippen LogP contribution in [0.3, 0.4) is 0 Å². The van der Waals surface area contributed by atoms with Crippen LogP contribution in [-0.4, -0.2) is 23.0 Å². The zero-order valence-electron chi connectivity index (χ0n) is 15.2. The van der Waals surface area contributed by atoms with Crippen LogP contribution in [0.1, 0.15) is 21.9 Å². The minimum Gasteiger partial charge on any atom is -0.495 e. The molecule has 0 spiro atoms. The summed E-state index contributed by atoms with van der Waals surface area (Å²) >= 11 is 6.06. The first kappa shape index (κ1) is 18.7. The predicted octanol–water partition coefficient (Wildman–Crippen LogP) is 4.75. The van der Waals surface area contributed by atoms with Gasteiger partial charge in [0.15, 0.2) is 0 Å². The molecule has 27 heavy (non-hydrogen) atoms. The Morgan fingerprint density at radius 3 is 2.48 bits per heavy atom. The van der Waals surface area contributed by atoms with E-state index in [9.17, 15) is 4.79 Å². The van der Waals surface area contributed by atoms with Crippen LogP contribution >= 0.6 is 11.6 Å². The minimum atomic E-state index is -0.314. The topological polar surface area (TPSA) is 76.1 Å². The number of methoxy groups -OCH3 is 1. The summed E-state index contributed by atoms with van der Waals surface area (Å²) in [5.74, 6) is 1.24. The van der Waals surface area contributed by atoms with E-state index in [0.717, 1.165) is 5.56 Å². The molecule has 3 aromatic rings. The molecule has 1 amide bonds. The van der Waals surface area contributed by atoms with Crippen LogP contribution in [0.2, 0.25) is 5.02 Å². The molecule has 0 unspecified atom stereocenters. The van der Waals surface area contributed by atoms with Crippen molar-refractivity contribution in [3.8, 4) is 5.75 Å². The highest BCUT2D eigenvalue weighted by molar-refractivity contribution is 6.31. The molecule has 0 aliphatic rings. The molecule has 1 aromatic heterocycles. The quantitative estimate of drug-likeness (QED) is 0.665.